The van der Waals surface area contributed by atoms with E-state index >= 15 is 0 Å². The Morgan fingerprint density at radius 3 is 1.95 bits per heavy atom. The molecule has 0 N–H and O–H groups in total. The quantitative estimate of drug-likeness (QED) is 0.768. The van der Waals surface area contributed by atoms with Crippen LogP contribution in [-0.4, -0.2) is 24.7 Å². The van der Waals surface area contributed by atoms with Crippen molar-refractivity contribution in [1.29, 1.82) is 0 Å². The van der Waals surface area contributed by atoms with E-state index in [1.54, 1.807) is 0 Å². The Bertz CT molecular complexity index is 437. The predicted octanol–water partition coefficient (Wildman–Crippen LogP) is 4.69. The van der Waals surface area contributed by atoms with Crippen molar-refractivity contribution in [3.63, 3.8) is 0 Å². The smallest absolute Gasteiger partial charge is 0.0609 e. The van der Waals surface area contributed by atoms with Crippen molar-refractivity contribution in [1.82, 2.24) is 0 Å². The number of rotatable bonds is 5. The topological polar surface area (TPSA) is 6.48 Å². The van der Waals surface area contributed by atoms with E-state index in [9.17, 15) is 0 Å². The normalized spacial score (nSPS) is 20.9. The Hall–Kier alpha value is -1.18. The standard InChI is InChI=1S/C18H30N2/c1-6-17-18(7-2,8-3)20(10-5)16-14-12-11-13-15(16)19(17)9-4/h11-14,17H,6-10H2,1-5H3. The number of hydrogen-bond acceptors (Lipinski definition) is 2. The average molecular weight is 274 g/mol. The second kappa shape index (κ2) is 6.07. The molecule has 1 aromatic rings. The first-order valence-corrected chi connectivity index (χ1v) is 8.33. The van der Waals surface area contributed by atoms with E-state index in [0.29, 0.717) is 6.04 Å². The van der Waals surface area contributed by atoms with E-state index in [-0.39, 0.29) is 5.54 Å². The molecule has 0 amide bonds. The van der Waals surface area contributed by atoms with Gasteiger partial charge in [0.25, 0.3) is 0 Å². The predicted molar refractivity (Wildman–Crippen MR) is 89.9 cm³/mol. The molecule has 0 saturated heterocycles. The maximum absolute atomic E-state index is 2.67. The lowest BCUT2D eigenvalue weighted by molar-refractivity contribution is 0.268. The van der Waals surface area contributed by atoms with Gasteiger partial charge in [0.2, 0.25) is 0 Å². The zero-order chi connectivity index (χ0) is 14.8. The summed E-state index contributed by atoms with van der Waals surface area (Å²) in [6.45, 7) is 13.8. The van der Waals surface area contributed by atoms with Crippen LogP contribution < -0.4 is 9.80 Å². The van der Waals surface area contributed by atoms with Gasteiger partial charge in [0, 0.05) is 13.1 Å². The van der Waals surface area contributed by atoms with Crippen LogP contribution in [0.2, 0.25) is 0 Å². The van der Waals surface area contributed by atoms with E-state index in [0.717, 1.165) is 13.1 Å². The molecule has 1 heterocycles. The van der Waals surface area contributed by atoms with Crippen molar-refractivity contribution in [2.45, 2.75) is 65.5 Å². The molecule has 1 aliphatic rings. The van der Waals surface area contributed by atoms with Gasteiger partial charge in [-0.15, -0.1) is 0 Å². The largest absolute Gasteiger partial charge is 0.365 e. The first kappa shape index (κ1) is 15.2. The molecule has 20 heavy (non-hydrogen) atoms. The minimum absolute atomic E-state index is 0.272. The van der Waals surface area contributed by atoms with Gasteiger partial charge in [-0.2, -0.15) is 0 Å². The number of hydrogen-bond donors (Lipinski definition) is 0. The Kier molecular flexibility index (Phi) is 4.62. The average Bonchev–Trinajstić information content (AvgIpc) is 2.51. The van der Waals surface area contributed by atoms with Gasteiger partial charge in [-0.05, 0) is 45.2 Å². The third-order valence-electron chi connectivity index (χ3n) is 5.28. The maximum atomic E-state index is 2.67. The van der Waals surface area contributed by atoms with Gasteiger partial charge >= 0.3 is 0 Å². The van der Waals surface area contributed by atoms with Gasteiger partial charge in [0.05, 0.1) is 23.0 Å². The Balaban J connectivity index is 2.65. The Labute approximate surface area is 124 Å². The van der Waals surface area contributed by atoms with E-state index in [1.807, 2.05) is 0 Å². The third-order valence-corrected chi connectivity index (χ3v) is 5.28. The van der Waals surface area contributed by atoms with E-state index in [2.05, 4.69) is 68.7 Å². The molecule has 0 radical (unpaired) electrons. The summed E-state index contributed by atoms with van der Waals surface area (Å²) in [7, 11) is 0. The highest BCUT2D eigenvalue weighted by molar-refractivity contribution is 5.76. The van der Waals surface area contributed by atoms with Gasteiger partial charge in [-0.1, -0.05) is 32.9 Å². The van der Waals surface area contributed by atoms with Crippen LogP contribution >= 0.6 is 0 Å². The summed E-state index contributed by atoms with van der Waals surface area (Å²) in [6, 6.07) is 9.55. The van der Waals surface area contributed by atoms with Crippen LogP contribution in [-0.2, 0) is 0 Å². The minimum Gasteiger partial charge on any atom is -0.365 e. The fraction of sp³-hybridized carbons (Fsp3) is 0.667. The van der Waals surface area contributed by atoms with Crippen LogP contribution in [0.15, 0.2) is 24.3 Å². The second-order valence-corrected chi connectivity index (χ2v) is 5.75. The monoisotopic (exact) mass is 274 g/mol. The second-order valence-electron chi connectivity index (χ2n) is 5.75. The molecule has 112 valence electrons. The molecule has 2 heteroatoms. The number of para-hydroxylation sites is 2. The summed E-state index contributed by atoms with van der Waals surface area (Å²) < 4.78 is 0. The molecule has 0 fully saturated rings. The van der Waals surface area contributed by atoms with Crippen LogP contribution in [0, 0.1) is 0 Å². The van der Waals surface area contributed by atoms with E-state index in [4.69, 9.17) is 0 Å². The summed E-state index contributed by atoms with van der Waals surface area (Å²) in [5.74, 6) is 0. The molecular formula is C18H30N2. The first-order chi connectivity index (χ1) is 9.69. The maximum Gasteiger partial charge on any atom is 0.0609 e. The molecule has 0 aliphatic carbocycles. The zero-order valence-corrected chi connectivity index (χ0v) is 13.8. The number of fused-ring (bicyclic) bond motifs is 1. The SMILES string of the molecule is CCC1N(CC)c2ccccc2N(CC)C1(CC)CC. The fourth-order valence-corrected chi connectivity index (χ4v) is 4.39. The number of likely N-dealkylation sites (N-methyl/N-ethyl adjacent to an activating group) is 2. The summed E-state index contributed by atoms with van der Waals surface area (Å²) in [4.78, 5) is 5.30. The van der Waals surface area contributed by atoms with Crippen molar-refractivity contribution in [3.8, 4) is 0 Å². The fourth-order valence-electron chi connectivity index (χ4n) is 4.39. The highest BCUT2D eigenvalue weighted by atomic mass is 15.3. The molecule has 0 aromatic heterocycles. The minimum atomic E-state index is 0.272. The lowest BCUT2D eigenvalue weighted by Gasteiger charge is -2.58. The van der Waals surface area contributed by atoms with Crippen LogP contribution in [0.5, 0.6) is 0 Å². The summed E-state index contributed by atoms with van der Waals surface area (Å²) in [5, 5.41) is 0. The summed E-state index contributed by atoms with van der Waals surface area (Å²) in [6.07, 6.45) is 3.63. The molecule has 1 aliphatic heterocycles. The van der Waals surface area contributed by atoms with E-state index in [1.165, 1.54) is 30.6 Å². The van der Waals surface area contributed by atoms with Crippen LogP contribution in [0.1, 0.15) is 53.9 Å². The first-order valence-electron chi connectivity index (χ1n) is 8.33. The molecule has 1 unspecified atom stereocenters. The molecular weight excluding hydrogens is 244 g/mol. The number of nitrogens with zero attached hydrogens (tertiary/aromatic N) is 2. The molecule has 0 bridgehead atoms. The van der Waals surface area contributed by atoms with Gasteiger partial charge in [0.15, 0.2) is 0 Å². The van der Waals surface area contributed by atoms with Gasteiger partial charge in [-0.3, -0.25) is 0 Å². The van der Waals surface area contributed by atoms with Crippen molar-refractivity contribution < 1.29 is 0 Å². The molecule has 0 spiro atoms. The third kappa shape index (κ3) is 2.01. The lowest BCUT2D eigenvalue weighted by Crippen LogP contribution is -2.65. The van der Waals surface area contributed by atoms with E-state index < -0.39 is 0 Å². The highest BCUT2D eigenvalue weighted by Gasteiger charge is 2.46. The molecule has 1 aromatic carbocycles. The number of benzene rings is 1. The summed E-state index contributed by atoms with van der Waals surface area (Å²) >= 11 is 0. The molecule has 1 atom stereocenters. The van der Waals surface area contributed by atoms with Crippen molar-refractivity contribution in [2.24, 2.45) is 0 Å². The van der Waals surface area contributed by atoms with Crippen molar-refractivity contribution in [3.05, 3.63) is 24.3 Å². The summed E-state index contributed by atoms with van der Waals surface area (Å²) in [5.41, 5.74) is 3.11. The van der Waals surface area contributed by atoms with Crippen LogP contribution in [0.25, 0.3) is 0 Å². The molecule has 2 rings (SSSR count). The van der Waals surface area contributed by atoms with Crippen LogP contribution in [0.4, 0.5) is 11.4 Å². The van der Waals surface area contributed by atoms with Crippen LogP contribution in [0.3, 0.4) is 0 Å². The lowest BCUT2D eigenvalue weighted by atomic mass is 9.77. The Morgan fingerprint density at radius 1 is 0.900 bits per heavy atom. The van der Waals surface area contributed by atoms with Gasteiger partial charge < -0.3 is 9.80 Å². The Morgan fingerprint density at radius 2 is 1.50 bits per heavy atom. The van der Waals surface area contributed by atoms with Gasteiger partial charge in [-0.25, -0.2) is 0 Å². The zero-order valence-electron chi connectivity index (χ0n) is 13.8. The highest BCUT2D eigenvalue weighted by Crippen LogP contribution is 2.46. The molecule has 2 nitrogen and oxygen atoms in total. The van der Waals surface area contributed by atoms with Crippen molar-refractivity contribution in [2.75, 3.05) is 22.9 Å². The molecule has 0 saturated carbocycles. The van der Waals surface area contributed by atoms with Gasteiger partial charge in [0.1, 0.15) is 0 Å². The van der Waals surface area contributed by atoms with Crippen molar-refractivity contribution >= 4 is 11.4 Å². The number of anilines is 2.